The van der Waals surface area contributed by atoms with Crippen LogP contribution >= 0.6 is 22.9 Å². The minimum absolute atomic E-state index is 0.175. The first-order chi connectivity index (χ1) is 10.9. The zero-order valence-corrected chi connectivity index (χ0v) is 14.8. The van der Waals surface area contributed by atoms with Crippen LogP contribution in [0.2, 0.25) is 5.02 Å². The number of benzene rings is 1. The number of halogens is 1. The van der Waals surface area contributed by atoms with Crippen LogP contribution in [0, 0.1) is 13.8 Å². The van der Waals surface area contributed by atoms with Crippen molar-refractivity contribution in [2.45, 2.75) is 13.8 Å². The number of hydrogen-bond acceptors (Lipinski definition) is 4. The molecular weight excluding hydrogens is 334 g/mol. The van der Waals surface area contributed by atoms with E-state index in [1.54, 1.807) is 23.9 Å². The number of fused-ring (bicyclic) bond motifs is 1. The first-order valence-corrected chi connectivity index (χ1v) is 8.18. The van der Waals surface area contributed by atoms with E-state index in [0.29, 0.717) is 21.3 Å². The largest absolute Gasteiger partial charge is 0.495 e. The lowest BCUT2D eigenvalue weighted by molar-refractivity contribution is 0.103. The Kier molecular flexibility index (Phi) is 4.04. The van der Waals surface area contributed by atoms with Gasteiger partial charge in [-0.25, -0.2) is 0 Å². The van der Waals surface area contributed by atoms with Gasteiger partial charge in [0.15, 0.2) is 0 Å². The molecule has 0 aliphatic heterocycles. The van der Waals surface area contributed by atoms with Crippen LogP contribution in [0.15, 0.2) is 18.2 Å². The molecule has 0 radical (unpaired) electrons. The number of aromatic nitrogens is 2. The maximum atomic E-state index is 12.5. The van der Waals surface area contributed by atoms with Crippen molar-refractivity contribution in [3.05, 3.63) is 39.4 Å². The summed E-state index contributed by atoms with van der Waals surface area (Å²) >= 11 is 7.51. The van der Waals surface area contributed by atoms with Gasteiger partial charge in [0, 0.05) is 23.5 Å². The van der Waals surface area contributed by atoms with Crippen LogP contribution in [0.4, 0.5) is 5.69 Å². The summed E-state index contributed by atoms with van der Waals surface area (Å²) in [6.45, 7) is 3.81. The van der Waals surface area contributed by atoms with Crippen LogP contribution in [0.1, 0.15) is 20.9 Å². The van der Waals surface area contributed by atoms with Gasteiger partial charge in [-0.05, 0) is 31.5 Å². The highest BCUT2D eigenvalue weighted by molar-refractivity contribution is 7.20. The molecule has 2 aromatic heterocycles. The fraction of sp³-hybridized carbons (Fsp3) is 0.250. The van der Waals surface area contributed by atoms with Crippen LogP contribution in [0.3, 0.4) is 0 Å². The molecule has 1 N–H and O–H groups in total. The molecule has 0 aliphatic carbocycles. The molecule has 0 aliphatic rings. The number of amides is 1. The minimum Gasteiger partial charge on any atom is -0.495 e. The number of anilines is 1. The molecular formula is C16H16ClN3O2S. The van der Waals surface area contributed by atoms with Gasteiger partial charge in [0.1, 0.15) is 10.6 Å². The lowest BCUT2D eigenvalue weighted by Crippen LogP contribution is -2.11. The van der Waals surface area contributed by atoms with Crippen molar-refractivity contribution >= 4 is 44.7 Å². The Morgan fingerprint density at radius 2 is 2.09 bits per heavy atom. The number of carbonyl (C=O) groups excluding carboxylic acids is 1. The normalized spacial score (nSPS) is 11.0. The molecule has 0 saturated heterocycles. The summed E-state index contributed by atoms with van der Waals surface area (Å²) < 4.78 is 7.08. The van der Waals surface area contributed by atoms with Gasteiger partial charge < -0.3 is 10.1 Å². The van der Waals surface area contributed by atoms with Crippen LogP contribution in [0.25, 0.3) is 10.2 Å². The molecule has 120 valence electrons. The predicted octanol–water partition coefficient (Wildman–Crippen LogP) is 4.17. The molecule has 7 heteroatoms. The van der Waals surface area contributed by atoms with E-state index in [-0.39, 0.29) is 5.91 Å². The van der Waals surface area contributed by atoms with Gasteiger partial charge in [0.05, 0.1) is 23.4 Å². The second-order valence-electron chi connectivity index (χ2n) is 5.29. The summed E-state index contributed by atoms with van der Waals surface area (Å²) in [7, 11) is 3.42. The van der Waals surface area contributed by atoms with E-state index in [1.807, 2.05) is 27.0 Å². The minimum atomic E-state index is -0.175. The van der Waals surface area contributed by atoms with E-state index in [0.717, 1.165) is 21.5 Å². The van der Waals surface area contributed by atoms with E-state index < -0.39 is 0 Å². The van der Waals surface area contributed by atoms with Gasteiger partial charge in [-0.1, -0.05) is 11.6 Å². The topological polar surface area (TPSA) is 56.1 Å². The highest BCUT2D eigenvalue weighted by Crippen LogP contribution is 2.33. The summed E-state index contributed by atoms with van der Waals surface area (Å²) in [5, 5.41) is 8.84. The molecule has 3 aromatic rings. The number of aryl methyl sites for hydroxylation is 3. The number of rotatable bonds is 3. The van der Waals surface area contributed by atoms with Crippen molar-refractivity contribution in [3.63, 3.8) is 0 Å². The third-order valence-corrected chi connectivity index (χ3v) is 5.26. The number of nitrogens with one attached hydrogen (secondary N) is 1. The average Bonchev–Trinajstić information content (AvgIpc) is 3.05. The second kappa shape index (κ2) is 5.86. The molecule has 0 fully saturated rings. The van der Waals surface area contributed by atoms with Crippen molar-refractivity contribution in [1.82, 2.24) is 9.78 Å². The van der Waals surface area contributed by atoms with Gasteiger partial charge in [0.2, 0.25) is 0 Å². The number of thiophene rings is 1. The molecule has 3 rings (SSSR count). The van der Waals surface area contributed by atoms with Gasteiger partial charge in [-0.2, -0.15) is 5.10 Å². The molecule has 2 heterocycles. The van der Waals surface area contributed by atoms with Crippen LogP contribution in [-0.4, -0.2) is 22.8 Å². The Morgan fingerprint density at radius 3 is 2.74 bits per heavy atom. The number of ether oxygens (including phenoxy) is 1. The smallest absolute Gasteiger partial charge is 0.265 e. The highest BCUT2D eigenvalue weighted by atomic mass is 35.5. The van der Waals surface area contributed by atoms with Gasteiger partial charge >= 0.3 is 0 Å². The van der Waals surface area contributed by atoms with Gasteiger partial charge in [-0.15, -0.1) is 11.3 Å². The molecule has 0 saturated carbocycles. The summed E-state index contributed by atoms with van der Waals surface area (Å²) in [5.74, 6) is 0.360. The van der Waals surface area contributed by atoms with Crippen molar-refractivity contribution in [2.24, 2.45) is 7.05 Å². The monoisotopic (exact) mass is 349 g/mol. The maximum absolute atomic E-state index is 12.5. The van der Waals surface area contributed by atoms with Crippen molar-refractivity contribution < 1.29 is 9.53 Å². The summed E-state index contributed by atoms with van der Waals surface area (Å²) in [6.07, 6.45) is 0. The Labute approximate surface area is 142 Å². The summed E-state index contributed by atoms with van der Waals surface area (Å²) in [5.41, 5.74) is 2.39. The van der Waals surface area contributed by atoms with E-state index >= 15 is 0 Å². The van der Waals surface area contributed by atoms with Crippen molar-refractivity contribution in [1.29, 1.82) is 0 Å². The highest BCUT2D eigenvalue weighted by Gasteiger charge is 2.17. The van der Waals surface area contributed by atoms with Crippen LogP contribution < -0.4 is 10.1 Å². The number of hydrogen-bond donors (Lipinski definition) is 1. The van der Waals surface area contributed by atoms with Crippen LogP contribution in [0.5, 0.6) is 5.75 Å². The fourth-order valence-corrected chi connectivity index (χ4v) is 3.60. The number of nitrogens with zero attached hydrogens (tertiary/aromatic N) is 2. The fourth-order valence-electron chi connectivity index (χ4n) is 2.43. The lowest BCUT2D eigenvalue weighted by Gasteiger charge is -2.11. The van der Waals surface area contributed by atoms with Crippen LogP contribution in [-0.2, 0) is 7.05 Å². The molecule has 0 unspecified atom stereocenters. The molecule has 1 aromatic carbocycles. The third kappa shape index (κ3) is 2.80. The standard InChI is InChI=1S/C16H16ClN3O2S/c1-8-5-12(13(22-4)7-11(8)17)18-15(21)14-6-10-9(2)19-20(3)16(10)23-14/h5-7H,1-4H3,(H,18,21). The zero-order valence-electron chi connectivity index (χ0n) is 13.2. The van der Waals surface area contributed by atoms with E-state index in [4.69, 9.17) is 16.3 Å². The molecule has 5 nitrogen and oxygen atoms in total. The number of methoxy groups -OCH3 is 1. The van der Waals surface area contributed by atoms with Gasteiger partial charge in [0.25, 0.3) is 5.91 Å². The molecule has 1 amide bonds. The molecule has 0 atom stereocenters. The van der Waals surface area contributed by atoms with Crippen molar-refractivity contribution in [3.8, 4) is 5.75 Å². The van der Waals surface area contributed by atoms with Crippen molar-refractivity contribution in [2.75, 3.05) is 12.4 Å². The summed E-state index contributed by atoms with van der Waals surface area (Å²) in [4.78, 5) is 14.2. The summed E-state index contributed by atoms with van der Waals surface area (Å²) in [6, 6.07) is 5.37. The SMILES string of the molecule is COc1cc(Cl)c(C)cc1NC(=O)c1cc2c(C)nn(C)c2s1. The second-order valence-corrected chi connectivity index (χ2v) is 6.73. The van der Waals surface area contributed by atoms with E-state index in [2.05, 4.69) is 10.4 Å². The molecule has 0 bridgehead atoms. The lowest BCUT2D eigenvalue weighted by atomic mass is 10.2. The third-order valence-electron chi connectivity index (χ3n) is 3.65. The maximum Gasteiger partial charge on any atom is 0.265 e. The molecule has 0 spiro atoms. The quantitative estimate of drug-likeness (QED) is 0.772. The first kappa shape index (κ1) is 15.8. The van der Waals surface area contributed by atoms with Gasteiger partial charge in [-0.3, -0.25) is 9.48 Å². The van der Waals surface area contributed by atoms with E-state index in [1.165, 1.54) is 11.3 Å². The Bertz CT molecular complexity index is 879. The van der Waals surface area contributed by atoms with E-state index in [9.17, 15) is 4.79 Å². The Hall–Kier alpha value is -2.05. The predicted molar refractivity (Wildman–Crippen MR) is 94.0 cm³/mol. The zero-order chi connectivity index (χ0) is 16.7. The Morgan fingerprint density at radius 1 is 1.35 bits per heavy atom. The molecule has 23 heavy (non-hydrogen) atoms. The first-order valence-electron chi connectivity index (χ1n) is 6.99. The number of carbonyl (C=O) groups is 1. The Balaban J connectivity index is 1.94. The average molecular weight is 350 g/mol.